The standard InChI is InChI=1S/C15H24O3/c1-8-10-4-6-15(3)7-5-11(16)9(2)12(15)13(10)18-14(8)17/h8-13,16H,4-7H2,1-3H3/t8-,9-,10-,11-,12-,13-,15-/m0/s1. The van der Waals surface area contributed by atoms with Crippen LogP contribution in [0.15, 0.2) is 0 Å². The van der Waals surface area contributed by atoms with Gasteiger partial charge in [0.2, 0.25) is 0 Å². The highest BCUT2D eigenvalue weighted by atomic mass is 16.6. The first-order valence-corrected chi connectivity index (χ1v) is 7.32. The second kappa shape index (κ2) is 3.96. The maximum atomic E-state index is 11.8. The van der Waals surface area contributed by atoms with Crippen molar-refractivity contribution in [3.63, 3.8) is 0 Å². The summed E-state index contributed by atoms with van der Waals surface area (Å²) in [5.41, 5.74) is 0.254. The Kier molecular flexibility index (Phi) is 2.74. The van der Waals surface area contributed by atoms with Crippen LogP contribution in [0.2, 0.25) is 0 Å². The molecule has 18 heavy (non-hydrogen) atoms. The Bertz CT molecular complexity index is 367. The van der Waals surface area contributed by atoms with Crippen LogP contribution in [0.1, 0.15) is 46.5 Å². The molecule has 0 amide bonds. The fourth-order valence-electron chi connectivity index (χ4n) is 4.81. The lowest BCUT2D eigenvalue weighted by molar-refractivity contribution is -0.159. The van der Waals surface area contributed by atoms with Gasteiger partial charge >= 0.3 is 5.97 Å². The molecule has 3 fully saturated rings. The summed E-state index contributed by atoms with van der Waals surface area (Å²) in [6, 6.07) is 0. The van der Waals surface area contributed by atoms with Gasteiger partial charge in [0.15, 0.2) is 0 Å². The van der Waals surface area contributed by atoms with Crippen molar-refractivity contribution < 1.29 is 14.6 Å². The van der Waals surface area contributed by atoms with Gasteiger partial charge in [-0.1, -0.05) is 20.8 Å². The number of carbonyl (C=O) groups excluding carboxylic acids is 1. The summed E-state index contributed by atoms with van der Waals surface area (Å²) in [4.78, 5) is 11.8. The first kappa shape index (κ1) is 12.5. The molecule has 0 radical (unpaired) electrons. The predicted molar refractivity (Wildman–Crippen MR) is 67.8 cm³/mol. The third-order valence-electron chi connectivity index (χ3n) is 6.08. The molecule has 7 atom stereocenters. The molecule has 1 aliphatic heterocycles. The van der Waals surface area contributed by atoms with Gasteiger partial charge in [-0.3, -0.25) is 4.79 Å². The predicted octanol–water partition coefficient (Wildman–Crippen LogP) is 2.37. The first-order chi connectivity index (χ1) is 8.44. The molecule has 0 aromatic rings. The van der Waals surface area contributed by atoms with Crippen LogP contribution in [0.5, 0.6) is 0 Å². The van der Waals surface area contributed by atoms with Crippen LogP contribution in [0.4, 0.5) is 0 Å². The van der Waals surface area contributed by atoms with Gasteiger partial charge in [-0.05, 0) is 37.0 Å². The average Bonchev–Trinajstić information content (AvgIpc) is 2.60. The Morgan fingerprint density at radius 1 is 1.28 bits per heavy atom. The van der Waals surface area contributed by atoms with E-state index >= 15 is 0 Å². The van der Waals surface area contributed by atoms with E-state index in [1.807, 2.05) is 6.92 Å². The van der Waals surface area contributed by atoms with Crippen LogP contribution in [-0.4, -0.2) is 23.3 Å². The average molecular weight is 252 g/mol. The Morgan fingerprint density at radius 2 is 1.94 bits per heavy atom. The molecule has 1 saturated heterocycles. The smallest absolute Gasteiger partial charge is 0.309 e. The van der Waals surface area contributed by atoms with Crippen molar-refractivity contribution in [3.8, 4) is 0 Å². The molecule has 3 rings (SSSR count). The summed E-state index contributed by atoms with van der Waals surface area (Å²) < 4.78 is 5.68. The molecule has 1 N–H and O–H groups in total. The largest absolute Gasteiger partial charge is 0.462 e. The number of aliphatic hydroxyl groups excluding tert-OH is 1. The van der Waals surface area contributed by atoms with Gasteiger partial charge in [0.05, 0.1) is 12.0 Å². The highest BCUT2D eigenvalue weighted by molar-refractivity contribution is 5.75. The number of aliphatic hydroxyl groups is 1. The molecule has 2 aliphatic carbocycles. The number of hydrogen-bond acceptors (Lipinski definition) is 3. The van der Waals surface area contributed by atoms with E-state index in [2.05, 4.69) is 13.8 Å². The highest BCUT2D eigenvalue weighted by Crippen LogP contribution is 2.57. The molecular weight excluding hydrogens is 228 g/mol. The fraction of sp³-hybridized carbons (Fsp3) is 0.933. The summed E-state index contributed by atoms with van der Waals surface area (Å²) in [6.07, 6.45) is 4.07. The first-order valence-electron chi connectivity index (χ1n) is 7.32. The van der Waals surface area contributed by atoms with E-state index in [0.29, 0.717) is 11.8 Å². The third kappa shape index (κ3) is 1.56. The van der Waals surface area contributed by atoms with Crippen LogP contribution >= 0.6 is 0 Å². The molecule has 0 bridgehead atoms. The van der Waals surface area contributed by atoms with Crippen LogP contribution in [-0.2, 0) is 9.53 Å². The minimum Gasteiger partial charge on any atom is -0.462 e. The minimum absolute atomic E-state index is 0.0264. The molecule has 1 heterocycles. The monoisotopic (exact) mass is 252 g/mol. The van der Waals surface area contributed by atoms with Crippen molar-refractivity contribution in [2.75, 3.05) is 0 Å². The van der Waals surface area contributed by atoms with Crippen molar-refractivity contribution in [1.82, 2.24) is 0 Å². The second-order valence-corrected chi connectivity index (χ2v) is 7.04. The molecule has 2 saturated carbocycles. The Morgan fingerprint density at radius 3 is 2.67 bits per heavy atom. The van der Waals surface area contributed by atoms with E-state index in [1.54, 1.807) is 0 Å². The lowest BCUT2D eigenvalue weighted by Gasteiger charge is -2.53. The molecule has 3 nitrogen and oxygen atoms in total. The lowest BCUT2D eigenvalue weighted by Crippen LogP contribution is -2.53. The van der Waals surface area contributed by atoms with Crippen molar-refractivity contribution in [1.29, 1.82) is 0 Å². The summed E-state index contributed by atoms with van der Waals surface area (Å²) >= 11 is 0. The molecule has 0 aromatic heterocycles. The second-order valence-electron chi connectivity index (χ2n) is 7.04. The molecule has 0 spiro atoms. The van der Waals surface area contributed by atoms with Crippen LogP contribution < -0.4 is 0 Å². The van der Waals surface area contributed by atoms with Gasteiger partial charge in [-0.2, -0.15) is 0 Å². The maximum Gasteiger partial charge on any atom is 0.309 e. The van der Waals surface area contributed by atoms with Crippen LogP contribution in [0.3, 0.4) is 0 Å². The maximum absolute atomic E-state index is 11.8. The quantitative estimate of drug-likeness (QED) is 0.673. The van der Waals surface area contributed by atoms with E-state index in [9.17, 15) is 9.90 Å². The molecule has 102 valence electrons. The zero-order valence-electron chi connectivity index (χ0n) is 11.6. The Labute approximate surface area is 109 Å². The van der Waals surface area contributed by atoms with Crippen molar-refractivity contribution >= 4 is 5.97 Å². The van der Waals surface area contributed by atoms with Gasteiger partial charge in [0, 0.05) is 11.8 Å². The topological polar surface area (TPSA) is 46.5 Å². The Balaban J connectivity index is 1.93. The fourth-order valence-corrected chi connectivity index (χ4v) is 4.81. The number of hydrogen-bond donors (Lipinski definition) is 1. The number of rotatable bonds is 0. The van der Waals surface area contributed by atoms with Gasteiger partial charge < -0.3 is 9.84 Å². The van der Waals surface area contributed by atoms with Gasteiger partial charge in [-0.15, -0.1) is 0 Å². The van der Waals surface area contributed by atoms with E-state index < -0.39 is 0 Å². The van der Waals surface area contributed by atoms with Gasteiger partial charge in [-0.25, -0.2) is 0 Å². The van der Waals surface area contributed by atoms with Gasteiger partial charge in [0.25, 0.3) is 0 Å². The zero-order valence-corrected chi connectivity index (χ0v) is 11.6. The highest BCUT2D eigenvalue weighted by Gasteiger charge is 2.58. The number of carbonyl (C=O) groups is 1. The van der Waals surface area contributed by atoms with E-state index in [1.165, 1.54) is 6.42 Å². The van der Waals surface area contributed by atoms with Crippen molar-refractivity contribution in [2.24, 2.45) is 29.1 Å². The van der Waals surface area contributed by atoms with Crippen molar-refractivity contribution in [2.45, 2.75) is 58.7 Å². The van der Waals surface area contributed by atoms with E-state index in [0.717, 1.165) is 19.3 Å². The minimum atomic E-state index is -0.226. The van der Waals surface area contributed by atoms with Gasteiger partial charge in [0.1, 0.15) is 6.10 Å². The molecule has 0 aromatic carbocycles. The number of esters is 1. The summed E-state index contributed by atoms with van der Waals surface area (Å²) in [5.74, 6) is 0.985. The molecular formula is C15H24O3. The van der Waals surface area contributed by atoms with E-state index in [4.69, 9.17) is 4.74 Å². The molecule has 0 unspecified atom stereocenters. The summed E-state index contributed by atoms with van der Waals surface area (Å²) in [7, 11) is 0. The molecule has 3 heteroatoms. The molecule has 3 aliphatic rings. The number of ether oxygens (including phenoxy) is 1. The van der Waals surface area contributed by atoms with Crippen LogP contribution in [0, 0.1) is 29.1 Å². The zero-order chi connectivity index (χ0) is 13.1. The normalized spacial score (nSPS) is 55.7. The lowest BCUT2D eigenvalue weighted by atomic mass is 9.53. The Hall–Kier alpha value is -0.570. The summed E-state index contributed by atoms with van der Waals surface area (Å²) in [5, 5.41) is 10.1. The third-order valence-corrected chi connectivity index (χ3v) is 6.08. The van der Waals surface area contributed by atoms with Crippen LogP contribution in [0.25, 0.3) is 0 Å². The van der Waals surface area contributed by atoms with Crippen molar-refractivity contribution in [3.05, 3.63) is 0 Å². The number of fused-ring (bicyclic) bond motifs is 3. The summed E-state index contributed by atoms with van der Waals surface area (Å²) in [6.45, 7) is 6.46. The van der Waals surface area contributed by atoms with E-state index in [-0.39, 0.29) is 35.4 Å². The SMILES string of the molecule is C[C@@H]1[C@H]2[C@H]3OC(=O)[C@@H](C)[C@@H]3CC[C@@]2(C)CC[C@@H]1O.